The number of hydrogen-bond acceptors (Lipinski definition) is 4. The first-order chi connectivity index (χ1) is 6.99. The molecule has 1 amide bonds. The highest BCUT2D eigenvalue weighted by Crippen LogP contribution is 2.18. The van der Waals surface area contributed by atoms with Gasteiger partial charge in [-0.1, -0.05) is 0 Å². The summed E-state index contributed by atoms with van der Waals surface area (Å²) in [6.45, 7) is 1.36. The molecule has 0 saturated carbocycles. The molecule has 0 aromatic carbocycles. The smallest absolute Gasteiger partial charge is 0.478 e. The molecule has 0 spiro atoms. The molecule has 1 heterocycles. The summed E-state index contributed by atoms with van der Waals surface area (Å²) >= 11 is 0. The van der Waals surface area contributed by atoms with Crippen LogP contribution in [0.5, 0.6) is 0 Å². The average molecular weight is 215 g/mol. The van der Waals surface area contributed by atoms with Crippen molar-refractivity contribution in [2.75, 3.05) is 0 Å². The zero-order chi connectivity index (χ0) is 11.4. The molecule has 6 nitrogen and oxygen atoms in total. The van der Waals surface area contributed by atoms with Gasteiger partial charge < -0.3 is 20.1 Å². The second-order valence-electron chi connectivity index (χ2n) is 3.63. The zero-order valence-electron chi connectivity index (χ0n) is 8.47. The topological polar surface area (TPSA) is 95.9 Å². The van der Waals surface area contributed by atoms with Gasteiger partial charge in [-0.2, -0.15) is 0 Å². The Labute approximate surface area is 87.8 Å². The molecule has 7 heteroatoms. The number of nitrogens with one attached hydrogen (secondary N) is 1. The minimum atomic E-state index is -1.12. The van der Waals surface area contributed by atoms with E-state index in [2.05, 4.69) is 5.32 Å². The minimum absolute atomic E-state index is 0.121. The van der Waals surface area contributed by atoms with Gasteiger partial charge in [0.1, 0.15) is 0 Å². The van der Waals surface area contributed by atoms with E-state index in [1.54, 1.807) is 0 Å². The standard InChI is InChI=1S/C8H14BNO5/c1-5(11)10-7-3-2-6(4-8(12)13)15-9(7)14/h6-7,14H,2-4H2,1H3,(H,10,11)(H,12,13). The van der Waals surface area contributed by atoms with Crippen molar-refractivity contribution >= 4 is 19.0 Å². The van der Waals surface area contributed by atoms with Crippen molar-refractivity contribution in [3.63, 3.8) is 0 Å². The molecule has 1 aliphatic heterocycles. The summed E-state index contributed by atoms with van der Waals surface area (Å²) in [7, 11) is -1.12. The molecular formula is C8H14BNO5. The van der Waals surface area contributed by atoms with Gasteiger partial charge in [0, 0.05) is 6.92 Å². The van der Waals surface area contributed by atoms with E-state index >= 15 is 0 Å². The Morgan fingerprint density at radius 2 is 2.20 bits per heavy atom. The van der Waals surface area contributed by atoms with Crippen molar-refractivity contribution in [2.24, 2.45) is 0 Å². The molecule has 1 rings (SSSR count). The highest BCUT2D eigenvalue weighted by molar-refractivity contribution is 6.45. The zero-order valence-corrected chi connectivity index (χ0v) is 8.47. The molecular weight excluding hydrogens is 201 g/mol. The Morgan fingerprint density at radius 3 is 2.67 bits per heavy atom. The number of carboxylic acid groups (broad SMARTS) is 1. The maximum Gasteiger partial charge on any atom is 0.478 e. The van der Waals surface area contributed by atoms with Gasteiger partial charge in [0.15, 0.2) is 0 Å². The average Bonchev–Trinajstić information content (AvgIpc) is 2.08. The van der Waals surface area contributed by atoms with E-state index in [1.807, 2.05) is 0 Å². The van der Waals surface area contributed by atoms with Crippen molar-refractivity contribution in [1.29, 1.82) is 0 Å². The van der Waals surface area contributed by atoms with Gasteiger partial charge in [0.25, 0.3) is 0 Å². The van der Waals surface area contributed by atoms with E-state index in [9.17, 15) is 14.6 Å². The Bertz CT molecular complexity index is 259. The fourth-order valence-corrected chi connectivity index (χ4v) is 1.62. The Morgan fingerprint density at radius 1 is 1.53 bits per heavy atom. The quantitative estimate of drug-likeness (QED) is 0.533. The van der Waals surface area contributed by atoms with E-state index in [4.69, 9.17) is 9.76 Å². The fourth-order valence-electron chi connectivity index (χ4n) is 1.62. The van der Waals surface area contributed by atoms with Crippen molar-refractivity contribution in [2.45, 2.75) is 38.2 Å². The molecule has 84 valence electrons. The highest BCUT2D eigenvalue weighted by Gasteiger charge is 2.36. The highest BCUT2D eigenvalue weighted by atomic mass is 16.5. The molecule has 2 atom stereocenters. The summed E-state index contributed by atoms with van der Waals surface area (Å²) in [5.41, 5.74) is 0. The largest absolute Gasteiger partial charge is 0.481 e. The lowest BCUT2D eigenvalue weighted by molar-refractivity contribution is -0.139. The van der Waals surface area contributed by atoms with Crippen LogP contribution < -0.4 is 5.32 Å². The lowest BCUT2D eigenvalue weighted by Crippen LogP contribution is -2.52. The van der Waals surface area contributed by atoms with Crippen molar-refractivity contribution in [1.82, 2.24) is 5.32 Å². The summed E-state index contributed by atoms with van der Waals surface area (Å²) < 4.78 is 5.07. The summed E-state index contributed by atoms with van der Waals surface area (Å²) in [5.74, 6) is -1.63. The first-order valence-electron chi connectivity index (χ1n) is 4.81. The monoisotopic (exact) mass is 215 g/mol. The van der Waals surface area contributed by atoms with Crippen LogP contribution in [0, 0.1) is 0 Å². The van der Waals surface area contributed by atoms with Gasteiger partial charge in [-0.05, 0) is 12.8 Å². The second kappa shape index (κ2) is 5.13. The van der Waals surface area contributed by atoms with E-state index < -0.39 is 25.1 Å². The van der Waals surface area contributed by atoms with Crippen LogP contribution in [-0.4, -0.2) is 41.2 Å². The molecule has 0 bridgehead atoms. The van der Waals surface area contributed by atoms with Crippen molar-refractivity contribution < 1.29 is 24.4 Å². The van der Waals surface area contributed by atoms with Crippen LogP contribution >= 0.6 is 0 Å². The number of carboxylic acids is 1. The fraction of sp³-hybridized carbons (Fsp3) is 0.750. The van der Waals surface area contributed by atoms with Crippen LogP contribution in [0.15, 0.2) is 0 Å². The number of aliphatic carboxylic acids is 1. The lowest BCUT2D eigenvalue weighted by Gasteiger charge is -2.30. The van der Waals surface area contributed by atoms with Gasteiger partial charge in [-0.3, -0.25) is 9.59 Å². The molecule has 0 radical (unpaired) electrons. The van der Waals surface area contributed by atoms with Gasteiger partial charge in [0.2, 0.25) is 5.91 Å². The SMILES string of the molecule is CC(=O)NC1CCC(CC(=O)O)OB1O. The number of rotatable bonds is 3. The van der Waals surface area contributed by atoms with Crippen LogP contribution in [0.3, 0.4) is 0 Å². The van der Waals surface area contributed by atoms with E-state index in [-0.39, 0.29) is 12.3 Å². The molecule has 2 unspecified atom stereocenters. The first kappa shape index (κ1) is 12.0. The summed E-state index contributed by atoms with van der Waals surface area (Å²) in [4.78, 5) is 21.1. The predicted molar refractivity (Wildman–Crippen MR) is 51.9 cm³/mol. The third kappa shape index (κ3) is 3.89. The number of amides is 1. The Hall–Kier alpha value is -1.08. The van der Waals surface area contributed by atoms with Crippen LogP contribution in [-0.2, 0) is 14.2 Å². The molecule has 0 aliphatic carbocycles. The number of carbonyl (C=O) groups excluding carboxylic acids is 1. The van der Waals surface area contributed by atoms with Crippen LogP contribution in [0.2, 0.25) is 0 Å². The van der Waals surface area contributed by atoms with Gasteiger partial charge >= 0.3 is 13.1 Å². The van der Waals surface area contributed by atoms with Gasteiger partial charge in [-0.15, -0.1) is 0 Å². The van der Waals surface area contributed by atoms with Crippen LogP contribution in [0.4, 0.5) is 0 Å². The maximum absolute atomic E-state index is 10.7. The van der Waals surface area contributed by atoms with Crippen molar-refractivity contribution in [3.05, 3.63) is 0 Å². The van der Waals surface area contributed by atoms with Crippen LogP contribution in [0.25, 0.3) is 0 Å². The third-order valence-corrected chi connectivity index (χ3v) is 2.27. The first-order valence-corrected chi connectivity index (χ1v) is 4.81. The maximum atomic E-state index is 10.7. The van der Waals surface area contributed by atoms with E-state index in [0.29, 0.717) is 12.8 Å². The lowest BCUT2D eigenvalue weighted by atomic mass is 9.72. The van der Waals surface area contributed by atoms with Gasteiger partial charge in [0.05, 0.1) is 18.5 Å². The second-order valence-corrected chi connectivity index (χ2v) is 3.63. The summed E-state index contributed by atoms with van der Waals surface area (Å²) in [5, 5.41) is 20.5. The van der Waals surface area contributed by atoms with Gasteiger partial charge in [-0.25, -0.2) is 0 Å². The number of carbonyl (C=O) groups is 2. The molecule has 3 N–H and O–H groups in total. The third-order valence-electron chi connectivity index (χ3n) is 2.27. The molecule has 0 aromatic heterocycles. The Kier molecular flexibility index (Phi) is 4.10. The molecule has 1 saturated heterocycles. The van der Waals surface area contributed by atoms with E-state index in [1.165, 1.54) is 6.92 Å². The van der Waals surface area contributed by atoms with E-state index in [0.717, 1.165) is 0 Å². The summed E-state index contributed by atoms with van der Waals surface area (Å²) in [6, 6.07) is 0. The molecule has 1 fully saturated rings. The predicted octanol–water partition coefficient (Wildman–Crippen LogP) is -0.835. The molecule has 0 aromatic rings. The van der Waals surface area contributed by atoms with Crippen LogP contribution in [0.1, 0.15) is 26.2 Å². The Balaban J connectivity index is 2.40. The normalized spacial score (nSPS) is 26.1. The molecule has 1 aliphatic rings. The number of hydrogen-bond donors (Lipinski definition) is 3. The summed E-state index contributed by atoms with van der Waals surface area (Å²) in [6.07, 6.45) is 0.458. The minimum Gasteiger partial charge on any atom is -0.481 e. The van der Waals surface area contributed by atoms with Crippen molar-refractivity contribution in [3.8, 4) is 0 Å². The molecule has 15 heavy (non-hydrogen) atoms.